The molecule has 0 aliphatic carbocycles. The molecule has 2 atom stereocenters. The molecule has 0 bridgehead atoms. The van der Waals surface area contributed by atoms with E-state index in [-0.39, 0.29) is 22.6 Å². The highest BCUT2D eigenvalue weighted by molar-refractivity contribution is 7.89. The van der Waals surface area contributed by atoms with Crippen molar-refractivity contribution in [1.82, 2.24) is 10.0 Å². The fourth-order valence-corrected chi connectivity index (χ4v) is 3.58. The largest absolute Gasteiger partial charge is 0.494 e. The molecule has 7 heteroatoms. The van der Waals surface area contributed by atoms with Crippen LogP contribution in [0.3, 0.4) is 0 Å². The third-order valence-electron chi connectivity index (χ3n) is 3.57. The molecule has 20 heavy (non-hydrogen) atoms. The zero-order chi connectivity index (χ0) is 14.8. The maximum absolute atomic E-state index is 13.3. The van der Waals surface area contributed by atoms with Gasteiger partial charge in [0, 0.05) is 18.7 Å². The van der Waals surface area contributed by atoms with Crippen LogP contribution in [0, 0.1) is 11.7 Å². The van der Waals surface area contributed by atoms with E-state index in [1.54, 1.807) is 0 Å². The number of benzene rings is 1. The summed E-state index contributed by atoms with van der Waals surface area (Å²) >= 11 is 0. The number of piperidine rings is 1. The minimum absolute atomic E-state index is 0.00789. The normalized spacial score (nSPS) is 23.6. The highest BCUT2D eigenvalue weighted by Crippen LogP contribution is 2.22. The first kappa shape index (κ1) is 15.2. The summed E-state index contributed by atoms with van der Waals surface area (Å²) < 4.78 is 45.4. The first-order valence-electron chi connectivity index (χ1n) is 6.50. The zero-order valence-corrected chi connectivity index (χ0v) is 12.3. The van der Waals surface area contributed by atoms with Gasteiger partial charge < -0.3 is 10.1 Å². The molecule has 0 saturated carbocycles. The van der Waals surface area contributed by atoms with Crippen LogP contribution in [-0.4, -0.2) is 34.7 Å². The van der Waals surface area contributed by atoms with Crippen molar-refractivity contribution in [3.05, 3.63) is 24.0 Å². The number of nitrogens with one attached hydrogen (secondary N) is 2. The number of hydrogen-bond acceptors (Lipinski definition) is 4. The van der Waals surface area contributed by atoms with E-state index in [9.17, 15) is 12.8 Å². The molecule has 1 saturated heterocycles. The topological polar surface area (TPSA) is 67.4 Å². The van der Waals surface area contributed by atoms with Gasteiger partial charge in [-0.15, -0.1) is 0 Å². The Labute approximate surface area is 118 Å². The second-order valence-electron chi connectivity index (χ2n) is 4.99. The lowest BCUT2D eigenvalue weighted by Crippen LogP contribution is -2.50. The van der Waals surface area contributed by atoms with Gasteiger partial charge in [0.1, 0.15) is 0 Å². The SMILES string of the molecule is COc1cc(S(=O)(=O)NC2CNCCC2C)ccc1F. The zero-order valence-electron chi connectivity index (χ0n) is 11.5. The van der Waals surface area contributed by atoms with Crippen molar-refractivity contribution in [2.45, 2.75) is 24.3 Å². The molecule has 112 valence electrons. The van der Waals surface area contributed by atoms with Gasteiger partial charge in [0.15, 0.2) is 11.6 Å². The molecular formula is C13H19FN2O3S. The van der Waals surface area contributed by atoms with Crippen molar-refractivity contribution >= 4 is 10.0 Å². The Hall–Kier alpha value is -1.18. The van der Waals surface area contributed by atoms with Gasteiger partial charge in [-0.1, -0.05) is 6.92 Å². The molecule has 2 N–H and O–H groups in total. The number of halogens is 1. The number of hydrogen-bond donors (Lipinski definition) is 2. The lowest BCUT2D eigenvalue weighted by atomic mass is 9.96. The van der Waals surface area contributed by atoms with E-state index < -0.39 is 15.8 Å². The van der Waals surface area contributed by atoms with Crippen molar-refractivity contribution in [2.24, 2.45) is 5.92 Å². The maximum atomic E-state index is 13.3. The van der Waals surface area contributed by atoms with Crippen LogP contribution in [0.25, 0.3) is 0 Å². The van der Waals surface area contributed by atoms with Crippen molar-refractivity contribution in [3.8, 4) is 5.75 Å². The van der Waals surface area contributed by atoms with Crippen LogP contribution in [0.5, 0.6) is 5.75 Å². The Morgan fingerprint density at radius 3 is 2.85 bits per heavy atom. The molecule has 0 amide bonds. The van der Waals surface area contributed by atoms with Crippen molar-refractivity contribution in [1.29, 1.82) is 0 Å². The summed E-state index contributed by atoms with van der Waals surface area (Å²) in [4.78, 5) is 0.00789. The number of sulfonamides is 1. The van der Waals surface area contributed by atoms with E-state index in [4.69, 9.17) is 4.74 Å². The number of methoxy groups -OCH3 is 1. The molecular weight excluding hydrogens is 283 g/mol. The third kappa shape index (κ3) is 3.28. The van der Waals surface area contributed by atoms with Crippen molar-refractivity contribution in [2.75, 3.05) is 20.2 Å². The monoisotopic (exact) mass is 302 g/mol. The minimum Gasteiger partial charge on any atom is -0.494 e. The molecule has 1 aliphatic heterocycles. The van der Waals surface area contributed by atoms with E-state index in [1.807, 2.05) is 6.92 Å². The van der Waals surface area contributed by atoms with Crippen LogP contribution < -0.4 is 14.8 Å². The fourth-order valence-electron chi connectivity index (χ4n) is 2.22. The van der Waals surface area contributed by atoms with Crippen LogP contribution in [0.15, 0.2) is 23.1 Å². The summed E-state index contributed by atoms with van der Waals surface area (Å²) in [5.41, 5.74) is 0. The van der Waals surface area contributed by atoms with E-state index in [0.29, 0.717) is 6.54 Å². The predicted octanol–water partition coefficient (Wildman–Crippen LogP) is 1.11. The first-order valence-corrected chi connectivity index (χ1v) is 7.99. The molecule has 5 nitrogen and oxygen atoms in total. The standard InChI is InChI=1S/C13H19FN2O3S/c1-9-5-6-15-8-12(9)16-20(17,18)10-3-4-11(14)13(7-10)19-2/h3-4,7,9,12,15-16H,5-6,8H2,1-2H3. The van der Waals surface area contributed by atoms with Crippen molar-refractivity contribution < 1.29 is 17.5 Å². The van der Waals surface area contributed by atoms with E-state index >= 15 is 0 Å². The number of rotatable bonds is 4. The number of ether oxygens (including phenoxy) is 1. The van der Waals surface area contributed by atoms with Gasteiger partial charge in [-0.25, -0.2) is 17.5 Å². The van der Waals surface area contributed by atoms with Gasteiger partial charge >= 0.3 is 0 Å². The Kier molecular flexibility index (Phi) is 4.62. The lowest BCUT2D eigenvalue weighted by Gasteiger charge is -2.30. The summed E-state index contributed by atoms with van der Waals surface area (Å²) in [6.45, 7) is 3.50. The van der Waals surface area contributed by atoms with Crippen LogP contribution >= 0.6 is 0 Å². The molecule has 0 spiro atoms. The molecule has 1 fully saturated rings. The first-order chi connectivity index (χ1) is 9.44. The molecule has 0 aromatic heterocycles. The molecule has 1 heterocycles. The minimum atomic E-state index is -3.68. The van der Waals surface area contributed by atoms with Crippen LogP contribution in [0.4, 0.5) is 4.39 Å². The van der Waals surface area contributed by atoms with E-state index in [2.05, 4.69) is 10.0 Å². The predicted molar refractivity (Wildman–Crippen MR) is 73.7 cm³/mol. The van der Waals surface area contributed by atoms with Crippen LogP contribution in [-0.2, 0) is 10.0 Å². The summed E-state index contributed by atoms with van der Waals surface area (Å²) in [7, 11) is -2.38. The van der Waals surface area contributed by atoms with E-state index in [0.717, 1.165) is 19.0 Å². The average molecular weight is 302 g/mol. The van der Waals surface area contributed by atoms with Gasteiger partial charge in [0.25, 0.3) is 0 Å². The molecule has 2 rings (SSSR count). The molecule has 2 unspecified atom stereocenters. The Morgan fingerprint density at radius 2 is 2.20 bits per heavy atom. The summed E-state index contributed by atoms with van der Waals surface area (Å²) in [5.74, 6) is -0.407. The smallest absolute Gasteiger partial charge is 0.241 e. The van der Waals surface area contributed by atoms with Gasteiger partial charge in [0.2, 0.25) is 10.0 Å². The van der Waals surface area contributed by atoms with Gasteiger partial charge in [-0.2, -0.15) is 0 Å². The van der Waals surface area contributed by atoms with Gasteiger partial charge in [-0.3, -0.25) is 0 Å². The van der Waals surface area contributed by atoms with Crippen LogP contribution in [0.2, 0.25) is 0 Å². The van der Waals surface area contributed by atoms with Crippen molar-refractivity contribution in [3.63, 3.8) is 0 Å². The summed E-state index contributed by atoms with van der Waals surface area (Å²) in [5, 5.41) is 3.16. The second kappa shape index (κ2) is 6.07. The second-order valence-corrected chi connectivity index (χ2v) is 6.71. The highest BCUT2D eigenvalue weighted by Gasteiger charge is 2.27. The van der Waals surface area contributed by atoms with Gasteiger partial charge in [-0.05, 0) is 31.0 Å². The third-order valence-corrected chi connectivity index (χ3v) is 5.05. The summed E-state index contributed by atoms with van der Waals surface area (Å²) in [6.07, 6.45) is 0.917. The average Bonchev–Trinajstić information content (AvgIpc) is 2.41. The van der Waals surface area contributed by atoms with E-state index in [1.165, 1.54) is 19.2 Å². The summed E-state index contributed by atoms with van der Waals surface area (Å²) in [6, 6.07) is 3.36. The highest BCUT2D eigenvalue weighted by atomic mass is 32.2. The van der Waals surface area contributed by atoms with Gasteiger partial charge in [0.05, 0.1) is 12.0 Å². The maximum Gasteiger partial charge on any atom is 0.241 e. The molecule has 0 radical (unpaired) electrons. The van der Waals surface area contributed by atoms with Crippen LogP contribution in [0.1, 0.15) is 13.3 Å². The molecule has 1 aromatic carbocycles. The Balaban J connectivity index is 2.21. The molecule has 1 aromatic rings. The fraction of sp³-hybridized carbons (Fsp3) is 0.538. The molecule has 1 aliphatic rings. The Morgan fingerprint density at radius 1 is 1.45 bits per heavy atom. The lowest BCUT2D eigenvalue weighted by molar-refractivity contribution is 0.327. The quantitative estimate of drug-likeness (QED) is 0.874. The Bertz CT molecular complexity index is 577.